The molecule has 0 fully saturated rings. The van der Waals surface area contributed by atoms with E-state index in [1.54, 1.807) is 0 Å². The van der Waals surface area contributed by atoms with Crippen molar-refractivity contribution in [2.75, 3.05) is 0 Å². The molecule has 100 valence electrons. The van der Waals surface area contributed by atoms with Crippen LogP contribution in [-0.2, 0) is 0 Å². The molecular weight excluding hydrogens is 228 g/mol. The molecule has 19 heavy (non-hydrogen) atoms. The molecule has 0 spiro atoms. The molecule has 0 atom stereocenters. The van der Waals surface area contributed by atoms with Crippen LogP contribution in [0.5, 0.6) is 0 Å². The van der Waals surface area contributed by atoms with Crippen molar-refractivity contribution in [3.8, 4) is 0 Å². The summed E-state index contributed by atoms with van der Waals surface area (Å²) in [6, 6.07) is 0. The zero-order valence-corrected chi connectivity index (χ0v) is 12.7. The minimum Gasteiger partial charge on any atom is -0.0870 e. The lowest BCUT2D eigenvalue weighted by Crippen LogP contribution is -2.01. The van der Waals surface area contributed by atoms with Crippen LogP contribution in [0.25, 0.3) is 0 Å². The van der Waals surface area contributed by atoms with Crippen molar-refractivity contribution in [1.82, 2.24) is 0 Å². The highest BCUT2D eigenvalue weighted by Crippen LogP contribution is 2.39. The molecule has 0 heterocycles. The first-order valence-electron chi connectivity index (χ1n) is 7.06. The Morgan fingerprint density at radius 2 is 1.84 bits per heavy atom. The van der Waals surface area contributed by atoms with Crippen molar-refractivity contribution < 1.29 is 0 Å². The van der Waals surface area contributed by atoms with Gasteiger partial charge in [0.2, 0.25) is 0 Å². The zero-order valence-electron chi connectivity index (χ0n) is 12.7. The van der Waals surface area contributed by atoms with Crippen molar-refractivity contribution in [3.63, 3.8) is 0 Å². The molecule has 0 nitrogen and oxygen atoms in total. The SMILES string of the molecule is C/C=C\C1=C(C=C(C)C)CC2=C1C=CC(C)(C)C=C2. The van der Waals surface area contributed by atoms with Crippen molar-refractivity contribution in [3.05, 3.63) is 70.4 Å². The van der Waals surface area contributed by atoms with E-state index < -0.39 is 0 Å². The Kier molecular flexibility index (Phi) is 3.80. The highest BCUT2D eigenvalue weighted by atomic mass is 14.3. The largest absolute Gasteiger partial charge is 0.0870 e. The van der Waals surface area contributed by atoms with Gasteiger partial charge in [-0.05, 0) is 49.5 Å². The van der Waals surface area contributed by atoms with E-state index >= 15 is 0 Å². The number of rotatable bonds is 2. The summed E-state index contributed by atoms with van der Waals surface area (Å²) in [6.45, 7) is 10.9. The van der Waals surface area contributed by atoms with Crippen LogP contribution in [0, 0.1) is 5.41 Å². The summed E-state index contributed by atoms with van der Waals surface area (Å²) in [5.74, 6) is 0. The first-order chi connectivity index (χ1) is 8.93. The fourth-order valence-electron chi connectivity index (χ4n) is 2.60. The quantitative estimate of drug-likeness (QED) is 0.593. The summed E-state index contributed by atoms with van der Waals surface area (Å²) in [5, 5.41) is 0. The Bertz CT molecular complexity index is 551. The Balaban J connectivity index is 2.48. The Labute approximate surface area is 117 Å². The lowest BCUT2D eigenvalue weighted by molar-refractivity contribution is 0.626. The lowest BCUT2D eigenvalue weighted by atomic mass is 9.92. The van der Waals surface area contributed by atoms with E-state index in [-0.39, 0.29) is 5.41 Å². The van der Waals surface area contributed by atoms with Crippen LogP contribution in [0.1, 0.15) is 41.0 Å². The molecule has 0 radical (unpaired) electrons. The van der Waals surface area contributed by atoms with Crippen LogP contribution in [-0.4, -0.2) is 0 Å². The van der Waals surface area contributed by atoms with Crippen molar-refractivity contribution in [2.24, 2.45) is 5.41 Å². The molecule has 0 saturated carbocycles. The van der Waals surface area contributed by atoms with Gasteiger partial charge in [-0.1, -0.05) is 62.0 Å². The zero-order chi connectivity index (χ0) is 14.0. The monoisotopic (exact) mass is 252 g/mol. The van der Waals surface area contributed by atoms with Crippen molar-refractivity contribution in [2.45, 2.75) is 41.0 Å². The van der Waals surface area contributed by atoms with Gasteiger partial charge in [-0.25, -0.2) is 0 Å². The van der Waals surface area contributed by atoms with Gasteiger partial charge in [0.05, 0.1) is 0 Å². The van der Waals surface area contributed by atoms with Gasteiger partial charge in [-0.2, -0.15) is 0 Å². The van der Waals surface area contributed by atoms with E-state index in [0.29, 0.717) is 0 Å². The van der Waals surface area contributed by atoms with E-state index in [9.17, 15) is 0 Å². The topological polar surface area (TPSA) is 0 Å². The molecule has 2 rings (SSSR count). The smallest absolute Gasteiger partial charge is 0.00110 e. The average molecular weight is 252 g/mol. The molecule has 0 heteroatoms. The van der Waals surface area contributed by atoms with Crippen LogP contribution in [0.3, 0.4) is 0 Å². The maximum absolute atomic E-state index is 2.32. The second-order valence-electron chi connectivity index (χ2n) is 6.26. The van der Waals surface area contributed by atoms with Gasteiger partial charge in [-0.15, -0.1) is 0 Å². The third-order valence-corrected chi connectivity index (χ3v) is 3.55. The second-order valence-corrected chi connectivity index (χ2v) is 6.26. The van der Waals surface area contributed by atoms with E-state index in [2.05, 4.69) is 77.2 Å². The van der Waals surface area contributed by atoms with Gasteiger partial charge in [0.1, 0.15) is 0 Å². The fraction of sp³-hybridized carbons (Fsp3) is 0.368. The van der Waals surface area contributed by atoms with Gasteiger partial charge in [0, 0.05) is 5.41 Å². The van der Waals surface area contributed by atoms with E-state index in [4.69, 9.17) is 0 Å². The van der Waals surface area contributed by atoms with Gasteiger partial charge in [0.25, 0.3) is 0 Å². The second kappa shape index (κ2) is 5.21. The Hall–Kier alpha value is -1.56. The Morgan fingerprint density at radius 1 is 1.16 bits per heavy atom. The van der Waals surface area contributed by atoms with Crippen LogP contribution in [0.4, 0.5) is 0 Å². The summed E-state index contributed by atoms with van der Waals surface area (Å²) in [5.41, 5.74) is 7.19. The molecule has 2 aliphatic carbocycles. The standard InChI is InChI=1S/C19H24/c1-6-7-17-16(12-14(2)3)13-15-8-10-19(4,5)11-9-18(15)17/h6-12H,13H2,1-5H3/b7-6-. The molecule has 0 aromatic carbocycles. The predicted molar refractivity (Wildman–Crippen MR) is 85.0 cm³/mol. The van der Waals surface area contributed by atoms with Crippen molar-refractivity contribution >= 4 is 0 Å². The summed E-state index contributed by atoms with van der Waals surface area (Å²) in [4.78, 5) is 0. The number of hydrogen-bond donors (Lipinski definition) is 0. The molecule has 2 aliphatic rings. The minimum absolute atomic E-state index is 0.155. The van der Waals surface area contributed by atoms with Crippen molar-refractivity contribution in [1.29, 1.82) is 0 Å². The van der Waals surface area contributed by atoms with E-state index in [1.165, 1.54) is 27.9 Å². The highest BCUT2D eigenvalue weighted by Gasteiger charge is 2.22. The highest BCUT2D eigenvalue weighted by molar-refractivity contribution is 5.64. The van der Waals surface area contributed by atoms with Gasteiger partial charge in [0.15, 0.2) is 0 Å². The molecule has 0 bridgehead atoms. The fourth-order valence-corrected chi connectivity index (χ4v) is 2.60. The molecule has 0 aliphatic heterocycles. The van der Waals surface area contributed by atoms with E-state index in [1.807, 2.05) is 0 Å². The third-order valence-electron chi connectivity index (χ3n) is 3.55. The molecule has 0 aromatic rings. The van der Waals surface area contributed by atoms with Gasteiger partial charge in [-0.3, -0.25) is 0 Å². The van der Waals surface area contributed by atoms with Crippen LogP contribution in [0.2, 0.25) is 0 Å². The number of allylic oxidation sites excluding steroid dienone is 12. The van der Waals surface area contributed by atoms with Crippen LogP contribution < -0.4 is 0 Å². The average Bonchev–Trinajstić information content (AvgIpc) is 2.54. The van der Waals surface area contributed by atoms with Gasteiger partial charge < -0.3 is 0 Å². The predicted octanol–water partition coefficient (Wildman–Crippen LogP) is 5.68. The summed E-state index contributed by atoms with van der Waals surface area (Å²) < 4.78 is 0. The maximum Gasteiger partial charge on any atom is 0.00110 e. The normalized spacial score (nSPS) is 21.1. The molecule has 0 N–H and O–H groups in total. The van der Waals surface area contributed by atoms with Crippen LogP contribution >= 0.6 is 0 Å². The first-order valence-corrected chi connectivity index (χ1v) is 7.06. The molecular formula is C19H24. The summed E-state index contributed by atoms with van der Waals surface area (Å²) >= 11 is 0. The summed E-state index contributed by atoms with van der Waals surface area (Å²) in [7, 11) is 0. The first kappa shape index (κ1) is 13.9. The minimum atomic E-state index is 0.155. The Morgan fingerprint density at radius 3 is 2.47 bits per heavy atom. The molecule has 0 saturated heterocycles. The molecule has 0 unspecified atom stereocenters. The van der Waals surface area contributed by atoms with Crippen LogP contribution in [0.15, 0.2) is 70.4 Å². The number of hydrogen-bond acceptors (Lipinski definition) is 0. The van der Waals surface area contributed by atoms with Gasteiger partial charge >= 0.3 is 0 Å². The molecule has 0 aromatic heterocycles. The molecule has 0 amide bonds. The third kappa shape index (κ3) is 3.07. The maximum atomic E-state index is 2.32. The van der Waals surface area contributed by atoms with E-state index in [0.717, 1.165) is 6.42 Å². The lowest BCUT2D eigenvalue weighted by Gasteiger charge is -2.13. The summed E-state index contributed by atoms with van der Waals surface area (Å²) in [6.07, 6.45) is 17.0.